The number of carbonyl (C=O) groups is 1. The molecule has 1 N–H and O–H groups in total. The van der Waals surface area contributed by atoms with Crippen molar-refractivity contribution in [3.05, 3.63) is 69.4 Å². The normalized spacial score (nSPS) is 12.0. The summed E-state index contributed by atoms with van der Waals surface area (Å²) in [4.78, 5) is 12.1. The van der Waals surface area contributed by atoms with Crippen LogP contribution in [0, 0.1) is 12.7 Å². The molecule has 1 atom stereocenters. The number of benzene rings is 2. The molecule has 0 heterocycles. The van der Waals surface area contributed by atoms with Crippen LogP contribution in [0.15, 0.2) is 46.9 Å². The van der Waals surface area contributed by atoms with Gasteiger partial charge in [-0.15, -0.1) is 0 Å². The fourth-order valence-corrected chi connectivity index (χ4v) is 2.20. The average molecular weight is 336 g/mol. The molecule has 0 saturated heterocycles. The molecule has 0 fully saturated rings. The Hall–Kier alpha value is -1.68. The quantitative estimate of drug-likeness (QED) is 0.885. The van der Waals surface area contributed by atoms with Crippen molar-refractivity contribution in [3.63, 3.8) is 0 Å². The molecule has 0 aromatic heterocycles. The molecule has 0 aliphatic carbocycles. The Bertz CT molecular complexity index is 625. The van der Waals surface area contributed by atoms with E-state index in [1.54, 1.807) is 19.1 Å². The zero-order valence-corrected chi connectivity index (χ0v) is 12.9. The van der Waals surface area contributed by atoms with Crippen LogP contribution in [0.25, 0.3) is 0 Å². The highest BCUT2D eigenvalue weighted by Crippen LogP contribution is 2.18. The highest BCUT2D eigenvalue weighted by Gasteiger charge is 2.15. The summed E-state index contributed by atoms with van der Waals surface area (Å²) in [7, 11) is 0. The predicted octanol–water partition coefficient (Wildman–Crippen LogP) is 4.39. The van der Waals surface area contributed by atoms with E-state index >= 15 is 0 Å². The lowest BCUT2D eigenvalue weighted by molar-refractivity contribution is 0.0935. The first-order valence-corrected chi connectivity index (χ1v) is 7.10. The molecule has 0 saturated carbocycles. The Balaban J connectivity index is 2.15. The van der Waals surface area contributed by atoms with Crippen LogP contribution in [0.5, 0.6) is 0 Å². The Morgan fingerprint density at radius 1 is 1.20 bits per heavy atom. The average Bonchev–Trinajstić information content (AvgIpc) is 2.42. The van der Waals surface area contributed by atoms with Gasteiger partial charge in [0, 0.05) is 4.47 Å². The summed E-state index contributed by atoms with van der Waals surface area (Å²) in [6.07, 6.45) is 0. The van der Waals surface area contributed by atoms with E-state index in [0.29, 0.717) is 5.56 Å². The first-order chi connectivity index (χ1) is 9.49. The minimum atomic E-state index is -0.465. The van der Waals surface area contributed by atoms with Crippen molar-refractivity contribution in [2.45, 2.75) is 19.9 Å². The first-order valence-electron chi connectivity index (χ1n) is 6.30. The number of nitrogens with one attached hydrogen (secondary N) is 1. The molecule has 1 amide bonds. The lowest BCUT2D eigenvalue weighted by Crippen LogP contribution is -2.27. The third-order valence-electron chi connectivity index (χ3n) is 3.15. The van der Waals surface area contributed by atoms with E-state index in [9.17, 15) is 9.18 Å². The molecule has 0 bridgehead atoms. The van der Waals surface area contributed by atoms with E-state index in [1.807, 2.05) is 31.2 Å². The van der Waals surface area contributed by atoms with Crippen molar-refractivity contribution < 1.29 is 9.18 Å². The fourth-order valence-electron chi connectivity index (χ4n) is 1.93. The number of hydrogen-bond acceptors (Lipinski definition) is 1. The Morgan fingerprint density at radius 2 is 1.85 bits per heavy atom. The highest BCUT2D eigenvalue weighted by molar-refractivity contribution is 9.10. The molecule has 1 unspecified atom stereocenters. The summed E-state index contributed by atoms with van der Waals surface area (Å²) in [5, 5.41) is 2.81. The van der Waals surface area contributed by atoms with Crippen molar-refractivity contribution in [2.24, 2.45) is 0 Å². The molecule has 2 rings (SSSR count). The number of rotatable bonds is 3. The first kappa shape index (κ1) is 14.7. The van der Waals surface area contributed by atoms with E-state index in [2.05, 4.69) is 21.2 Å². The second-order valence-electron chi connectivity index (χ2n) is 4.68. The Kier molecular flexibility index (Phi) is 4.55. The molecule has 0 radical (unpaired) electrons. The lowest BCUT2D eigenvalue weighted by atomic mass is 10.1. The number of amides is 1. The van der Waals surface area contributed by atoms with Gasteiger partial charge in [0.2, 0.25) is 0 Å². The predicted molar refractivity (Wildman–Crippen MR) is 81.2 cm³/mol. The van der Waals surface area contributed by atoms with Gasteiger partial charge in [-0.05, 0) is 43.2 Å². The molecule has 0 aliphatic rings. The molecule has 4 heteroatoms. The number of halogens is 2. The smallest absolute Gasteiger partial charge is 0.254 e. The summed E-state index contributed by atoms with van der Waals surface area (Å²) >= 11 is 3.36. The van der Waals surface area contributed by atoms with Gasteiger partial charge in [0.05, 0.1) is 11.6 Å². The highest BCUT2D eigenvalue weighted by atomic mass is 79.9. The van der Waals surface area contributed by atoms with Crippen LogP contribution in [0.2, 0.25) is 0 Å². The van der Waals surface area contributed by atoms with Crippen molar-refractivity contribution in [2.75, 3.05) is 0 Å². The molecule has 20 heavy (non-hydrogen) atoms. The van der Waals surface area contributed by atoms with Crippen LogP contribution in [0.4, 0.5) is 4.39 Å². The molecule has 2 aromatic rings. The fraction of sp³-hybridized carbons (Fsp3) is 0.188. The van der Waals surface area contributed by atoms with Gasteiger partial charge in [0.15, 0.2) is 0 Å². The Labute approximate surface area is 126 Å². The summed E-state index contributed by atoms with van der Waals surface area (Å²) in [6, 6.07) is 12.3. The van der Waals surface area contributed by atoms with Gasteiger partial charge in [-0.3, -0.25) is 4.79 Å². The van der Waals surface area contributed by atoms with Crippen LogP contribution in [-0.2, 0) is 0 Å². The van der Waals surface area contributed by atoms with Crippen molar-refractivity contribution in [1.82, 2.24) is 5.32 Å². The maximum Gasteiger partial charge on any atom is 0.254 e. The summed E-state index contributed by atoms with van der Waals surface area (Å²) in [6.45, 7) is 3.51. The van der Waals surface area contributed by atoms with E-state index in [4.69, 9.17) is 0 Å². The lowest BCUT2D eigenvalue weighted by Gasteiger charge is -2.15. The summed E-state index contributed by atoms with van der Waals surface area (Å²) in [5.41, 5.74) is 1.51. The SMILES string of the molecule is Cc1cccc(C(=O)NC(C)c2ccc(Br)cc2)c1F. The van der Waals surface area contributed by atoms with Gasteiger partial charge < -0.3 is 5.32 Å². The molecule has 2 aromatic carbocycles. The van der Waals surface area contributed by atoms with Gasteiger partial charge in [0.25, 0.3) is 5.91 Å². The Morgan fingerprint density at radius 3 is 2.50 bits per heavy atom. The third kappa shape index (κ3) is 3.25. The minimum Gasteiger partial charge on any atom is -0.345 e. The molecule has 0 spiro atoms. The van der Waals surface area contributed by atoms with Gasteiger partial charge in [-0.25, -0.2) is 4.39 Å². The number of aryl methyl sites for hydroxylation is 1. The van der Waals surface area contributed by atoms with Crippen LogP contribution >= 0.6 is 15.9 Å². The van der Waals surface area contributed by atoms with Crippen LogP contribution in [0.1, 0.15) is 34.5 Å². The van der Waals surface area contributed by atoms with Crippen LogP contribution in [0.3, 0.4) is 0 Å². The van der Waals surface area contributed by atoms with E-state index < -0.39 is 11.7 Å². The monoisotopic (exact) mass is 335 g/mol. The van der Waals surface area contributed by atoms with E-state index in [-0.39, 0.29) is 11.6 Å². The second-order valence-corrected chi connectivity index (χ2v) is 5.60. The van der Waals surface area contributed by atoms with Crippen molar-refractivity contribution in [3.8, 4) is 0 Å². The standard InChI is InChI=1S/C16H15BrFNO/c1-10-4-3-5-14(15(10)18)16(20)19-11(2)12-6-8-13(17)9-7-12/h3-9,11H,1-2H3,(H,19,20). The largest absolute Gasteiger partial charge is 0.345 e. The van der Waals surface area contributed by atoms with E-state index in [1.165, 1.54) is 6.07 Å². The zero-order valence-electron chi connectivity index (χ0n) is 11.3. The number of hydrogen-bond donors (Lipinski definition) is 1. The molecular formula is C16H15BrFNO. The summed E-state index contributed by atoms with van der Waals surface area (Å²) < 4.78 is 14.9. The van der Waals surface area contributed by atoms with Gasteiger partial charge >= 0.3 is 0 Å². The molecule has 104 valence electrons. The maximum absolute atomic E-state index is 13.9. The topological polar surface area (TPSA) is 29.1 Å². The van der Waals surface area contributed by atoms with Crippen molar-refractivity contribution >= 4 is 21.8 Å². The number of carbonyl (C=O) groups excluding carboxylic acids is 1. The van der Waals surface area contributed by atoms with Gasteiger partial charge in [0.1, 0.15) is 5.82 Å². The van der Waals surface area contributed by atoms with Gasteiger partial charge in [-0.2, -0.15) is 0 Å². The van der Waals surface area contributed by atoms with Crippen molar-refractivity contribution in [1.29, 1.82) is 0 Å². The van der Waals surface area contributed by atoms with Gasteiger partial charge in [-0.1, -0.05) is 40.2 Å². The third-order valence-corrected chi connectivity index (χ3v) is 3.68. The zero-order chi connectivity index (χ0) is 14.7. The molecule has 0 aliphatic heterocycles. The molecule has 2 nitrogen and oxygen atoms in total. The maximum atomic E-state index is 13.9. The minimum absolute atomic E-state index is 0.0777. The van der Waals surface area contributed by atoms with E-state index in [0.717, 1.165) is 10.0 Å². The second kappa shape index (κ2) is 6.18. The van der Waals surface area contributed by atoms with Crippen LogP contribution < -0.4 is 5.32 Å². The summed E-state index contributed by atoms with van der Waals surface area (Å²) in [5.74, 6) is -0.866. The van der Waals surface area contributed by atoms with Crippen LogP contribution in [-0.4, -0.2) is 5.91 Å². The molecular weight excluding hydrogens is 321 g/mol.